The van der Waals surface area contributed by atoms with Crippen molar-refractivity contribution in [2.75, 3.05) is 0 Å². The summed E-state index contributed by atoms with van der Waals surface area (Å²) in [6, 6.07) is 11.3. The Hall–Kier alpha value is -1.26. The van der Waals surface area contributed by atoms with E-state index in [4.69, 9.17) is 0 Å². The van der Waals surface area contributed by atoms with Crippen molar-refractivity contribution in [3.63, 3.8) is 0 Å². The Kier molecular flexibility index (Phi) is 4.44. The van der Waals surface area contributed by atoms with Crippen molar-refractivity contribution in [2.24, 2.45) is 0 Å². The highest BCUT2D eigenvalue weighted by molar-refractivity contribution is 9.10. The summed E-state index contributed by atoms with van der Waals surface area (Å²) in [4.78, 5) is 0. The van der Waals surface area contributed by atoms with E-state index in [1.807, 2.05) is 6.07 Å². The highest BCUT2D eigenvalue weighted by atomic mass is 79.9. The second-order valence-corrected chi connectivity index (χ2v) is 4.89. The molecule has 1 N–H and O–H groups in total. The van der Waals surface area contributed by atoms with E-state index in [1.165, 1.54) is 18.2 Å². The molecule has 0 atom stereocenters. The Morgan fingerprint density at radius 3 is 2.50 bits per heavy atom. The number of hydrogen-bond donors (Lipinski definition) is 1. The first-order chi connectivity index (χ1) is 8.65. The molecule has 18 heavy (non-hydrogen) atoms. The SMILES string of the molecule is Fc1cc(Br)cc(CNCc2ccccc2F)c1. The van der Waals surface area contributed by atoms with Gasteiger partial charge in [0.05, 0.1) is 0 Å². The molecule has 0 spiro atoms. The van der Waals surface area contributed by atoms with Crippen LogP contribution < -0.4 is 5.32 Å². The normalized spacial score (nSPS) is 10.6. The van der Waals surface area contributed by atoms with E-state index in [9.17, 15) is 8.78 Å². The summed E-state index contributed by atoms with van der Waals surface area (Å²) in [5, 5.41) is 3.09. The average Bonchev–Trinajstić information content (AvgIpc) is 2.30. The Bertz CT molecular complexity index is 523. The van der Waals surface area contributed by atoms with Crippen LogP contribution in [0.1, 0.15) is 11.1 Å². The topological polar surface area (TPSA) is 12.0 Å². The molecular formula is C14H12BrF2N. The van der Waals surface area contributed by atoms with E-state index in [0.717, 1.165) is 5.56 Å². The van der Waals surface area contributed by atoms with Gasteiger partial charge in [0.2, 0.25) is 0 Å². The van der Waals surface area contributed by atoms with Crippen LogP contribution in [0, 0.1) is 11.6 Å². The van der Waals surface area contributed by atoms with Crippen molar-refractivity contribution < 1.29 is 8.78 Å². The van der Waals surface area contributed by atoms with Crippen LogP contribution in [0.2, 0.25) is 0 Å². The molecule has 0 aromatic heterocycles. The summed E-state index contributed by atoms with van der Waals surface area (Å²) < 4.78 is 27.2. The largest absolute Gasteiger partial charge is 0.309 e. The van der Waals surface area contributed by atoms with E-state index >= 15 is 0 Å². The Morgan fingerprint density at radius 1 is 1.00 bits per heavy atom. The van der Waals surface area contributed by atoms with E-state index in [1.54, 1.807) is 18.2 Å². The maximum Gasteiger partial charge on any atom is 0.127 e. The molecule has 0 saturated carbocycles. The molecule has 0 bridgehead atoms. The van der Waals surface area contributed by atoms with Crippen LogP contribution in [0.3, 0.4) is 0 Å². The molecule has 2 aromatic carbocycles. The van der Waals surface area contributed by atoms with Crippen molar-refractivity contribution in [2.45, 2.75) is 13.1 Å². The molecule has 94 valence electrons. The minimum absolute atomic E-state index is 0.231. The first-order valence-electron chi connectivity index (χ1n) is 5.54. The number of nitrogens with one attached hydrogen (secondary N) is 1. The lowest BCUT2D eigenvalue weighted by molar-refractivity contribution is 0.585. The third-order valence-corrected chi connectivity index (χ3v) is 2.98. The minimum Gasteiger partial charge on any atom is -0.309 e. The zero-order valence-electron chi connectivity index (χ0n) is 9.59. The second kappa shape index (κ2) is 6.07. The fraction of sp³-hybridized carbons (Fsp3) is 0.143. The fourth-order valence-corrected chi connectivity index (χ4v) is 2.21. The predicted molar refractivity (Wildman–Crippen MR) is 71.0 cm³/mol. The lowest BCUT2D eigenvalue weighted by Crippen LogP contribution is -2.13. The zero-order chi connectivity index (χ0) is 13.0. The van der Waals surface area contributed by atoms with Gasteiger partial charge in [0, 0.05) is 23.1 Å². The van der Waals surface area contributed by atoms with Gasteiger partial charge >= 0.3 is 0 Å². The summed E-state index contributed by atoms with van der Waals surface area (Å²) >= 11 is 3.23. The van der Waals surface area contributed by atoms with Gasteiger partial charge in [-0.3, -0.25) is 0 Å². The van der Waals surface area contributed by atoms with E-state index in [0.29, 0.717) is 23.1 Å². The molecule has 4 heteroatoms. The first-order valence-corrected chi connectivity index (χ1v) is 6.33. The lowest BCUT2D eigenvalue weighted by atomic mass is 10.2. The highest BCUT2D eigenvalue weighted by Crippen LogP contribution is 2.15. The van der Waals surface area contributed by atoms with E-state index < -0.39 is 0 Å². The van der Waals surface area contributed by atoms with Crippen LogP contribution in [0.5, 0.6) is 0 Å². The number of rotatable bonds is 4. The van der Waals surface area contributed by atoms with E-state index in [-0.39, 0.29) is 11.6 Å². The van der Waals surface area contributed by atoms with Crippen molar-refractivity contribution in [3.05, 3.63) is 69.7 Å². The minimum atomic E-state index is -0.285. The quantitative estimate of drug-likeness (QED) is 0.899. The molecule has 2 rings (SSSR count). The van der Waals surface area contributed by atoms with Crippen molar-refractivity contribution in [1.29, 1.82) is 0 Å². The summed E-state index contributed by atoms with van der Waals surface area (Å²) in [5.41, 5.74) is 1.42. The summed E-state index contributed by atoms with van der Waals surface area (Å²) in [6.07, 6.45) is 0. The van der Waals surface area contributed by atoms with Gasteiger partial charge in [0.1, 0.15) is 11.6 Å². The van der Waals surface area contributed by atoms with Crippen LogP contribution in [0.4, 0.5) is 8.78 Å². The van der Waals surface area contributed by atoms with Gasteiger partial charge < -0.3 is 5.32 Å². The number of hydrogen-bond acceptors (Lipinski definition) is 1. The molecule has 0 fully saturated rings. The van der Waals surface area contributed by atoms with Gasteiger partial charge in [0.15, 0.2) is 0 Å². The Morgan fingerprint density at radius 2 is 1.78 bits per heavy atom. The summed E-state index contributed by atoms with van der Waals surface area (Å²) in [6.45, 7) is 0.908. The van der Waals surface area contributed by atoms with Gasteiger partial charge in [-0.05, 0) is 29.8 Å². The smallest absolute Gasteiger partial charge is 0.127 e. The maximum absolute atomic E-state index is 13.3. The highest BCUT2D eigenvalue weighted by Gasteiger charge is 2.01. The van der Waals surface area contributed by atoms with Gasteiger partial charge in [0.25, 0.3) is 0 Å². The lowest BCUT2D eigenvalue weighted by Gasteiger charge is -2.06. The monoisotopic (exact) mass is 311 g/mol. The van der Waals surface area contributed by atoms with Gasteiger partial charge in [-0.1, -0.05) is 34.1 Å². The van der Waals surface area contributed by atoms with Gasteiger partial charge in [-0.25, -0.2) is 8.78 Å². The van der Waals surface area contributed by atoms with E-state index in [2.05, 4.69) is 21.2 Å². The van der Waals surface area contributed by atoms with Gasteiger partial charge in [-0.15, -0.1) is 0 Å². The van der Waals surface area contributed by atoms with Crippen LogP contribution >= 0.6 is 15.9 Å². The van der Waals surface area contributed by atoms with Gasteiger partial charge in [-0.2, -0.15) is 0 Å². The Labute approximate surface area is 113 Å². The fourth-order valence-electron chi connectivity index (χ4n) is 1.70. The predicted octanol–water partition coefficient (Wildman–Crippen LogP) is 4.02. The van der Waals surface area contributed by atoms with Crippen LogP contribution in [0.25, 0.3) is 0 Å². The first kappa shape index (κ1) is 13.2. The molecule has 0 amide bonds. The molecule has 0 aliphatic rings. The van der Waals surface area contributed by atoms with Crippen LogP contribution in [-0.4, -0.2) is 0 Å². The van der Waals surface area contributed by atoms with Crippen molar-refractivity contribution >= 4 is 15.9 Å². The summed E-state index contributed by atoms with van der Waals surface area (Å²) in [7, 11) is 0. The van der Waals surface area contributed by atoms with Crippen molar-refractivity contribution in [3.8, 4) is 0 Å². The average molecular weight is 312 g/mol. The molecule has 0 saturated heterocycles. The maximum atomic E-state index is 13.3. The molecule has 0 aliphatic heterocycles. The molecule has 0 heterocycles. The molecule has 0 radical (unpaired) electrons. The van der Waals surface area contributed by atoms with Crippen LogP contribution in [0.15, 0.2) is 46.9 Å². The standard InChI is InChI=1S/C14H12BrF2N/c15-12-5-10(6-13(16)7-12)8-18-9-11-3-1-2-4-14(11)17/h1-7,18H,8-9H2. The van der Waals surface area contributed by atoms with Crippen molar-refractivity contribution in [1.82, 2.24) is 5.32 Å². The zero-order valence-corrected chi connectivity index (χ0v) is 11.2. The Balaban J connectivity index is 1.94. The molecule has 1 nitrogen and oxygen atoms in total. The van der Waals surface area contributed by atoms with Crippen LogP contribution in [-0.2, 0) is 13.1 Å². The summed E-state index contributed by atoms with van der Waals surface area (Å²) in [5.74, 6) is -0.516. The third-order valence-electron chi connectivity index (χ3n) is 2.52. The third kappa shape index (κ3) is 3.62. The molecular weight excluding hydrogens is 300 g/mol. The molecule has 0 aliphatic carbocycles. The second-order valence-electron chi connectivity index (χ2n) is 3.97. The number of halogens is 3. The molecule has 2 aromatic rings. The number of benzene rings is 2. The molecule has 0 unspecified atom stereocenters.